The van der Waals surface area contributed by atoms with Gasteiger partial charge in [0.15, 0.2) is 0 Å². The van der Waals surface area contributed by atoms with Crippen molar-refractivity contribution in [1.29, 1.82) is 0 Å². The van der Waals surface area contributed by atoms with Crippen molar-refractivity contribution in [3.8, 4) is 0 Å². The first-order valence-electron chi connectivity index (χ1n) is 4.70. The highest BCUT2D eigenvalue weighted by Gasteiger charge is 2.11. The first-order chi connectivity index (χ1) is 6.74. The van der Waals surface area contributed by atoms with Crippen LogP contribution in [-0.4, -0.2) is 12.6 Å². The summed E-state index contributed by atoms with van der Waals surface area (Å²) in [6.45, 7) is 2.19. The first-order valence-corrected chi connectivity index (χ1v) is 4.70. The first kappa shape index (κ1) is 13.9. The van der Waals surface area contributed by atoms with Crippen molar-refractivity contribution in [3.63, 3.8) is 0 Å². The van der Waals surface area contributed by atoms with E-state index in [1.54, 1.807) is 6.92 Å². The second-order valence-electron chi connectivity index (χ2n) is 3.03. The maximum absolute atomic E-state index is 11.1. The third-order valence-electron chi connectivity index (χ3n) is 1.92. The van der Waals surface area contributed by atoms with Gasteiger partial charge in [-0.25, -0.2) is 0 Å². The predicted octanol–water partition coefficient (Wildman–Crippen LogP) is 2.06. The molecule has 1 aromatic rings. The largest absolute Gasteiger partial charge is 0.466 e. The smallest absolute Gasteiger partial charge is 0.307 e. The average molecular weight is 230 g/mol. The standard InChI is InChI=1S/C11H15NO2.ClH/c1-2-14-11(13)8-10(12)9-6-4-3-5-7-9;/h3-7,10H,2,8,12H2,1H3;1H/t10-;/m1./s1. The van der Waals surface area contributed by atoms with Gasteiger partial charge in [-0.2, -0.15) is 0 Å². The third kappa shape index (κ3) is 4.81. The van der Waals surface area contributed by atoms with Gasteiger partial charge in [0.05, 0.1) is 13.0 Å². The van der Waals surface area contributed by atoms with Crippen LogP contribution in [0.3, 0.4) is 0 Å². The fraction of sp³-hybridized carbons (Fsp3) is 0.364. The Morgan fingerprint density at radius 3 is 2.53 bits per heavy atom. The van der Waals surface area contributed by atoms with Crippen molar-refractivity contribution in [1.82, 2.24) is 0 Å². The van der Waals surface area contributed by atoms with Crippen LogP contribution in [0.4, 0.5) is 0 Å². The zero-order valence-corrected chi connectivity index (χ0v) is 9.50. The molecule has 0 saturated heterocycles. The average Bonchev–Trinajstić information content (AvgIpc) is 2.19. The monoisotopic (exact) mass is 229 g/mol. The van der Waals surface area contributed by atoms with Crippen LogP contribution in [0.25, 0.3) is 0 Å². The second-order valence-corrected chi connectivity index (χ2v) is 3.03. The summed E-state index contributed by atoms with van der Waals surface area (Å²) in [6, 6.07) is 9.27. The second kappa shape index (κ2) is 7.26. The fourth-order valence-electron chi connectivity index (χ4n) is 1.22. The van der Waals surface area contributed by atoms with Gasteiger partial charge in [0.2, 0.25) is 0 Å². The van der Waals surface area contributed by atoms with E-state index in [9.17, 15) is 4.79 Å². The quantitative estimate of drug-likeness (QED) is 0.805. The third-order valence-corrected chi connectivity index (χ3v) is 1.92. The minimum absolute atomic E-state index is 0. The molecular weight excluding hydrogens is 214 g/mol. The molecule has 0 unspecified atom stereocenters. The summed E-state index contributed by atoms with van der Waals surface area (Å²) in [6.07, 6.45) is 0.234. The number of rotatable bonds is 4. The van der Waals surface area contributed by atoms with E-state index in [1.165, 1.54) is 0 Å². The van der Waals surface area contributed by atoms with Crippen LogP contribution >= 0.6 is 12.4 Å². The molecule has 1 aromatic carbocycles. The van der Waals surface area contributed by atoms with Crippen LogP contribution in [0, 0.1) is 0 Å². The lowest BCUT2D eigenvalue weighted by molar-refractivity contribution is -0.143. The number of nitrogens with two attached hydrogens (primary N) is 1. The maximum Gasteiger partial charge on any atom is 0.307 e. The van der Waals surface area contributed by atoms with Crippen molar-refractivity contribution in [2.24, 2.45) is 5.73 Å². The van der Waals surface area contributed by atoms with Gasteiger partial charge >= 0.3 is 5.97 Å². The van der Waals surface area contributed by atoms with Crippen LogP contribution in [0.5, 0.6) is 0 Å². The van der Waals surface area contributed by atoms with E-state index in [4.69, 9.17) is 10.5 Å². The van der Waals surface area contributed by atoms with E-state index in [2.05, 4.69) is 0 Å². The summed E-state index contributed by atoms with van der Waals surface area (Å²) < 4.78 is 4.82. The Labute approximate surface area is 96.0 Å². The number of ether oxygens (including phenoxy) is 1. The summed E-state index contributed by atoms with van der Waals surface area (Å²) in [7, 11) is 0. The molecule has 2 N–H and O–H groups in total. The maximum atomic E-state index is 11.1. The van der Waals surface area contributed by atoms with E-state index in [0.717, 1.165) is 5.56 Å². The molecule has 1 atom stereocenters. The van der Waals surface area contributed by atoms with Crippen LogP contribution in [0.1, 0.15) is 24.9 Å². The Morgan fingerprint density at radius 1 is 1.40 bits per heavy atom. The zero-order chi connectivity index (χ0) is 10.4. The lowest BCUT2D eigenvalue weighted by atomic mass is 10.1. The Kier molecular flexibility index (Phi) is 6.75. The fourth-order valence-corrected chi connectivity index (χ4v) is 1.22. The van der Waals surface area contributed by atoms with E-state index >= 15 is 0 Å². The molecule has 0 radical (unpaired) electrons. The van der Waals surface area contributed by atoms with Crippen molar-refractivity contribution in [2.45, 2.75) is 19.4 Å². The Bertz CT molecular complexity index is 290. The minimum atomic E-state index is -0.268. The molecule has 0 spiro atoms. The summed E-state index contributed by atoms with van der Waals surface area (Å²) >= 11 is 0. The predicted molar refractivity (Wildman–Crippen MR) is 61.9 cm³/mol. The minimum Gasteiger partial charge on any atom is -0.466 e. The number of hydrogen-bond donors (Lipinski definition) is 1. The lowest BCUT2D eigenvalue weighted by Crippen LogP contribution is -2.17. The molecule has 0 aliphatic heterocycles. The summed E-state index contributed by atoms with van der Waals surface area (Å²) in [5.74, 6) is -0.246. The molecule has 4 heteroatoms. The SMILES string of the molecule is CCOC(=O)C[C@@H](N)c1ccccc1.Cl. The Hall–Kier alpha value is -1.06. The molecule has 0 aromatic heterocycles. The van der Waals surface area contributed by atoms with Crippen LogP contribution < -0.4 is 5.73 Å². The number of carbonyl (C=O) groups excluding carboxylic acids is 1. The van der Waals surface area contributed by atoms with Crippen LogP contribution in [0.15, 0.2) is 30.3 Å². The van der Waals surface area contributed by atoms with Crippen molar-refractivity contribution >= 4 is 18.4 Å². The molecule has 0 fully saturated rings. The summed E-state index contributed by atoms with van der Waals surface area (Å²) in [5.41, 5.74) is 6.78. The molecule has 0 aliphatic rings. The molecule has 0 saturated carbocycles. The van der Waals surface area contributed by atoms with Gasteiger partial charge < -0.3 is 10.5 Å². The van der Waals surface area contributed by atoms with Crippen molar-refractivity contribution in [3.05, 3.63) is 35.9 Å². The van der Waals surface area contributed by atoms with Crippen molar-refractivity contribution < 1.29 is 9.53 Å². The van der Waals surface area contributed by atoms with E-state index in [-0.39, 0.29) is 30.8 Å². The number of hydrogen-bond acceptors (Lipinski definition) is 3. The highest BCUT2D eigenvalue weighted by atomic mass is 35.5. The van der Waals surface area contributed by atoms with Gasteiger partial charge in [-0.05, 0) is 12.5 Å². The Morgan fingerprint density at radius 2 is 2.00 bits per heavy atom. The Balaban J connectivity index is 0.00000196. The molecular formula is C11H16ClNO2. The number of carbonyl (C=O) groups is 1. The van der Waals surface area contributed by atoms with Gasteiger partial charge in [0, 0.05) is 6.04 Å². The summed E-state index contributed by atoms with van der Waals surface area (Å²) in [5, 5.41) is 0. The molecule has 84 valence electrons. The molecule has 15 heavy (non-hydrogen) atoms. The number of esters is 1. The normalized spacial score (nSPS) is 11.3. The highest BCUT2D eigenvalue weighted by molar-refractivity contribution is 5.85. The van der Waals surface area contributed by atoms with Crippen LogP contribution in [0.2, 0.25) is 0 Å². The molecule has 0 amide bonds. The molecule has 3 nitrogen and oxygen atoms in total. The molecule has 0 aliphatic carbocycles. The summed E-state index contributed by atoms with van der Waals surface area (Å²) in [4.78, 5) is 11.1. The van der Waals surface area contributed by atoms with Crippen molar-refractivity contribution in [2.75, 3.05) is 6.61 Å². The molecule has 0 bridgehead atoms. The molecule has 1 rings (SSSR count). The van der Waals surface area contributed by atoms with Gasteiger partial charge in [-0.1, -0.05) is 30.3 Å². The number of halogens is 1. The van der Waals surface area contributed by atoms with E-state index in [0.29, 0.717) is 6.61 Å². The van der Waals surface area contributed by atoms with Crippen LogP contribution in [-0.2, 0) is 9.53 Å². The zero-order valence-electron chi connectivity index (χ0n) is 8.68. The van der Waals surface area contributed by atoms with E-state index < -0.39 is 0 Å². The molecule has 0 heterocycles. The van der Waals surface area contributed by atoms with Gasteiger partial charge in [0.25, 0.3) is 0 Å². The number of benzene rings is 1. The lowest BCUT2D eigenvalue weighted by Gasteiger charge is -2.10. The van der Waals surface area contributed by atoms with Gasteiger partial charge in [-0.15, -0.1) is 12.4 Å². The van der Waals surface area contributed by atoms with E-state index in [1.807, 2.05) is 30.3 Å². The highest BCUT2D eigenvalue weighted by Crippen LogP contribution is 2.13. The van der Waals surface area contributed by atoms with Gasteiger partial charge in [-0.3, -0.25) is 4.79 Å². The topological polar surface area (TPSA) is 52.3 Å². The van der Waals surface area contributed by atoms with Gasteiger partial charge in [0.1, 0.15) is 0 Å².